The van der Waals surface area contributed by atoms with Crippen molar-refractivity contribution in [3.8, 4) is 0 Å². The van der Waals surface area contributed by atoms with Crippen LogP contribution in [0.2, 0.25) is 0 Å². The zero-order valence-corrected chi connectivity index (χ0v) is 18.7. The summed E-state index contributed by atoms with van der Waals surface area (Å²) in [6, 6.07) is 8.23. The van der Waals surface area contributed by atoms with Crippen molar-refractivity contribution in [1.29, 1.82) is 0 Å². The van der Waals surface area contributed by atoms with Crippen LogP contribution in [0, 0.1) is 4.77 Å². The number of fused-ring (bicyclic) bond motifs is 1. The van der Waals surface area contributed by atoms with Crippen molar-refractivity contribution in [2.45, 2.75) is 35.4 Å². The average molecular weight is 450 g/mol. The molecule has 2 saturated heterocycles. The Hall–Kier alpha value is -1.30. The number of hydrogen-bond acceptors (Lipinski definition) is 8. The Bertz CT molecular complexity index is 1030. The maximum absolute atomic E-state index is 5.82. The van der Waals surface area contributed by atoms with Crippen molar-refractivity contribution >= 4 is 45.5 Å². The van der Waals surface area contributed by atoms with Gasteiger partial charge in [-0.2, -0.15) is 5.10 Å². The molecule has 0 saturated carbocycles. The summed E-state index contributed by atoms with van der Waals surface area (Å²) >= 11 is 9.06. The van der Waals surface area contributed by atoms with Gasteiger partial charge in [0.1, 0.15) is 5.82 Å². The van der Waals surface area contributed by atoms with Crippen LogP contribution in [-0.4, -0.2) is 56.3 Å². The molecule has 29 heavy (non-hydrogen) atoms. The highest BCUT2D eigenvalue weighted by molar-refractivity contribution is 8.00. The highest BCUT2D eigenvalue weighted by atomic mass is 32.2. The lowest BCUT2D eigenvalue weighted by molar-refractivity contribution is -0.187. The summed E-state index contributed by atoms with van der Waals surface area (Å²) in [4.78, 5) is 7.06. The second kappa shape index (κ2) is 8.09. The summed E-state index contributed by atoms with van der Waals surface area (Å²) in [5.74, 6) is 1.37. The van der Waals surface area contributed by atoms with E-state index in [1.807, 2.05) is 28.4 Å². The third kappa shape index (κ3) is 4.01. The highest BCUT2D eigenvalue weighted by Crippen LogP contribution is 2.32. The summed E-state index contributed by atoms with van der Waals surface area (Å²) < 4.78 is 18.6. The van der Waals surface area contributed by atoms with Crippen LogP contribution < -0.4 is 0 Å². The van der Waals surface area contributed by atoms with Gasteiger partial charge in [-0.05, 0) is 24.4 Å². The van der Waals surface area contributed by atoms with E-state index in [1.165, 1.54) is 4.70 Å². The van der Waals surface area contributed by atoms with Crippen molar-refractivity contribution < 1.29 is 9.47 Å². The molecule has 4 heterocycles. The number of para-hydroxylation sites is 1. The lowest BCUT2D eigenvalue weighted by Crippen LogP contribution is -2.45. The first-order chi connectivity index (χ1) is 14.1. The van der Waals surface area contributed by atoms with Crippen LogP contribution in [0.4, 0.5) is 0 Å². The molecule has 0 aliphatic carbocycles. The van der Waals surface area contributed by atoms with E-state index in [-0.39, 0.29) is 5.79 Å². The topological polar surface area (TPSA) is 57.3 Å². The predicted molar refractivity (Wildman–Crippen MR) is 117 cm³/mol. The Balaban J connectivity index is 1.23. The first kappa shape index (κ1) is 19.7. The molecule has 2 fully saturated rings. The van der Waals surface area contributed by atoms with Crippen LogP contribution in [0.3, 0.4) is 0 Å². The number of hydrogen-bond donors (Lipinski definition) is 0. The second-order valence-electron chi connectivity index (χ2n) is 7.36. The summed E-state index contributed by atoms with van der Waals surface area (Å²) in [7, 11) is 1.99. The smallest absolute Gasteiger partial charge is 0.198 e. The zero-order valence-electron chi connectivity index (χ0n) is 16.2. The van der Waals surface area contributed by atoms with Gasteiger partial charge < -0.3 is 14.0 Å². The van der Waals surface area contributed by atoms with Gasteiger partial charge in [0, 0.05) is 33.0 Å². The molecule has 0 amide bonds. The molecule has 0 bridgehead atoms. The molecule has 0 N–H and O–H groups in total. The van der Waals surface area contributed by atoms with Crippen molar-refractivity contribution in [2.24, 2.45) is 7.05 Å². The molecule has 1 spiro atoms. The summed E-state index contributed by atoms with van der Waals surface area (Å²) in [6.45, 7) is 3.97. The molecule has 2 aromatic heterocycles. The van der Waals surface area contributed by atoms with E-state index in [4.69, 9.17) is 31.8 Å². The maximum Gasteiger partial charge on any atom is 0.198 e. The van der Waals surface area contributed by atoms with Gasteiger partial charge in [0.2, 0.25) is 0 Å². The van der Waals surface area contributed by atoms with Gasteiger partial charge in [0.05, 0.1) is 35.9 Å². The van der Waals surface area contributed by atoms with Gasteiger partial charge in [0.25, 0.3) is 0 Å². The second-order valence-corrected chi connectivity index (χ2v) is 9.98. The van der Waals surface area contributed by atoms with Crippen molar-refractivity contribution in [3.05, 3.63) is 34.9 Å². The Morgan fingerprint density at radius 1 is 1.21 bits per heavy atom. The first-order valence-electron chi connectivity index (χ1n) is 9.73. The van der Waals surface area contributed by atoms with E-state index >= 15 is 0 Å². The first-order valence-corrected chi connectivity index (χ1v) is 11.9. The third-order valence-electron chi connectivity index (χ3n) is 5.50. The molecular weight excluding hydrogens is 426 g/mol. The number of aromatic nitrogens is 4. The molecule has 0 unspecified atom stereocenters. The van der Waals surface area contributed by atoms with Crippen LogP contribution in [0.25, 0.3) is 10.2 Å². The number of ether oxygens (including phenoxy) is 2. The van der Waals surface area contributed by atoms with Gasteiger partial charge in [-0.1, -0.05) is 23.9 Å². The molecule has 2 aliphatic heterocycles. The molecule has 1 aromatic carbocycles. The van der Waals surface area contributed by atoms with E-state index in [0.717, 1.165) is 52.1 Å². The lowest BCUT2D eigenvalue weighted by atomic mass is 10.0. The highest BCUT2D eigenvalue weighted by Gasteiger charge is 2.39. The van der Waals surface area contributed by atoms with Crippen LogP contribution in [0.1, 0.15) is 18.7 Å². The zero-order chi connectivity index (χ0) is 19.8. The van der Waals surface area contributed by atoms with E-state index in [2.05, 4.69) is 17.0 Å². The fourth-order valence-corrected chi connectivity index (χ4v) is 6.05. The van der Waals surface area contributed by atoms with Crippen LogP contribution >= 0.6 is 35.3 Å². The molecule has 5 rings (SSSR count). The molecule has 2 aliphatic rings. The Labute approximate surface area is 182 Å². The molecule has 3 aromatic rings. The van der Waals surface area contributed by atoms with Crippen molar-refractivity contribution in [3.63, 3.8) is 0 Å². The minimum Gasteiger partial charge on any atom is -0.347 e. The fraction of sp³-hybridized carbons (Fsp3) is 0.526. The van der Waals surface area contributed by atoms with Crippen molar-refractivity contribution in [2.75, 3.05) is 26.3 Å². The number of piperidine rings is 1. The minimum atomic E-state index is -0.346. The summed E-state index contributed by atoms with van der Waals surface area (Å²) in [6.07, 6.45) is 1.79. The largest absolute Gasteiger partial charge is 0.347 e. The standard InChI is InChI=1S/C19H23N5O2S3/c1-22-16(12-28-17-20-14-4-2-3-5-15(14)29-17)21-24(18(22)27)13-23-8-6-19(7-9-23)25-10-11-26-19/h2-5H,6-13H2,1H3. The quantitative estimate of drug-likeness (QED) is 0.435. The number of thioether (sulfide) groups is 1. The average Bonchev–Trinajstić information content (AvgIpc) is 3.43. The Kier molecular flexibility index (Phi) is 5.48. The molecule has 0 radical (unpaired) electrons. The molecule has 7 nitrogen and oxygen atoms in total. The number of likely N-dealkylation sites (tertiary alicyclic amines) is 1. The number of rotatable bonds is 5. The Morgan fingerprint density at radius 2 is 1.97 bits per heavy atom. The van der Waals surface area contributed by atoms with E-state index in [1.54, 1.807) is 23.1 Å². The molecule has 154 valence electrons. The predicted octanol–water partition coefficient (Wildman–Crippen LogP) is 3.65. The normalized spacial score (nSPS) is 19.5. The van der Waals surface area contributed by atoms with Gasteiger partial charge in [-0.15, -0.1) is 11.3 Å². The van der Waals surface area contributed by atoms with E-state index in [9.17, 15) is 0 Å². The molecular formula is C19H23N5O2S3. The van der Waals surface area contributed by atoms with Crippen LogP contribution in [0.5, 0.6) is 0 Å². The maximum atomic E-state index is 5.82. The summed E-state index contributed by atoms with van der Waals surface area (Å²) in [5.41, 5.74) is 1.05. The van der Waals surface area contributed by atoms with Crippen molar-refractivity contribution in [1.82, 2.24) is 24.2 Å². The fourth-order valence-electron chi connectivity index (χ4n) is 3.80. The summed E-state index contributed by atoms with van der Waals surface area (Å²) in [5, 5.41) is 4.79. The SMILES string of the molecule is Cn1c(CSc2nc3ccccc3s2)nn(CN2CCC3(CC2)OCCO3)c1=S. The van der Waals surface area contributed by atoms with Gasteiger partial charge in [-0.25, -0.2) is 9.67 Å². The van der Waals surface area contributed by atoms with Gasteiger partial charge in [0.15, 0.2) is 14.9 Å². The number of benzene rings is 1. The number of nitrogens with zero attached hydrogens (tertiary/aromatic N) is 5. The van der Waals surface area contributed by atoms with E-state index < -0.39 is 0 Å². The van der Waals surface area contributed by atoms with Gasteiger partial charge in [-0.3, -0.25) is 4.90 Å². The Morgan fingerprint density at radius 3 is 2.72 bits per heavy atom. The number of thiazole rings is 1. The lowest BCUT2D eigenvalue weighted by Gasteiger charge is -2.37. The van der Waals surface area contributed by atoms with Gasteiger partial charge >= 0.3 is 0 Å². The molecule has 0 atom stereocenters. The van der Waals surface area contributed by atoms with Crippen LogP contribution in [0.15, 0.2) is 28.6 Å². The minimum absolute atomic E-state index is 0.346. The third-order valence-corrected chi connectivity index (χ3v) is 8.16. The molecule has 10 heteroatoms. The van der Waals surface area contributed by atoms with E-state index in [0.29, 0.717) is 19.9 Å². The monoisotopic (exact) mass is 449 g/mol. The van der Waals surface area contributed by atoms with Crippen LogP contribution in [-0.2, 0) is 28.9 Å².